The number of aromatic nitrogens is 2. The molecule has 1 aromatic heterocycles. The summed E-state index contributed by atoms with van der Waals surface area (Å²) < 4.78 is 11.4. The second-order valence-corrected chi connectivity index (χ2v) is 6.81. The lowest BCUT2D eigenvalue weighted by atomic mass is 9.89. The summed E-state index contributed by atoms with van der Waals surface area (Å²) in [5.74, 6) is 1.62. The predicted octanol–water partition coefficient (Wildman–Crippen LogP) is 3.60. The highest BCUT2D eigenvalue weighted by Gasteiger charge is 2.23. The molecule has 0 spiro atoms. The van der Waals surface area contributed by atoms with Crippen molar-refractivity contribution in [2.75, 3.05) is 19.8 Å². The van der Waals surface area contributed by atoms with Gasteiger partial charge in [0.25, 0.3) is 0 Å². The average molecular weight is 331 g/mol. The van der Waals surface area contributed by atoms with Gasteiger partial charge in [-0.2, -0.15) is 5.10 Å². The molecule has 0 bridgehead atoms. The van der Waals surface area contributed by atoms with E-state index in [1.165, 1.54) is 0 Å². The van der Waals surface area contributed by atoms with E-state index in [0.717, 1.165) is 28.5 Å². The van der Waals surface area contributed by atoms with Crippen molar-refractivity contribution < 1.29 is 9.47 Å². The van der Waals surface area contributed by atoms with E-state index >= 15 is 0 Å². The molecular weight excluding hydrogens is 302 g/mol. The fourth-order valence-electron chi connectivity index (χ4n) is 2.66. The van der Waals surface area contributed by atoms with Crippen molar-refractivity contribution in [3.8, 4) is 11.5 Å². The monoisotopic (exact) mass is 331 g/mol. The molecular formula is C19H29N3O2. The van der Waals surface area contributed by atoms with Crippen molar-refractivity contribution in [1.29, 1.82) is 0 Å². The summed E-state index contributed by atoms with van der Waals surface area (Å²) in [4.78, 5) is 0. The van der Waals surface area contributed by atoms with Gasteiger partial charge in [-0.25, -0.2) is 0 Å². The molecule has 0 aliphatic rings. The molecule has 0 aliphatic carbocycles. The molecule has 0 saturated heterocycles. The lowest BCUT2D eigenvalue weighted by molar-refractivity contribution is 0.320. The zero-order chi connectivity index (χ0) is 17.7. The highest BCUT2D eigenvalue weighted by molar-refractivity contribution is 5.46. The average Bonchev–Trinajstić information content (AvgIpc) is 3.00. The summed E-state index contributed by atoms with van der Waals surface area (Å²) >= 11 is 0. The minimum Gasteiger partial charge on any atom is -0.494 e. The zero-order valence-corrected chi connectivity index (χ0v) is 15.3. The lowest BCUT2D eigenvalue weighted by Gasteiger charge is -2.19. The number of aromatic amines is 1. The molecule has 1 aromatic carbocycles. The number of nitrogens with zero attached hydrogens (tertiary/aromatic N) is 1. The van der Waals surface area contributed by atoms with Gasteiger partial charge in [0, 0.05) is 35.2 Å². The second kappa shape index (κ2) is 7.71. The molecule has 2 aromatic rings. The van der Waals surface area contributed by atoms with Gasteiger partial charge < -0.3 is 15.2 Å². The Morgan fingerprint density at radius 1 is 1.12 bits per heavy atom. The molecule has 0 fully saturated rings. The Balaban J connectivity index is 2.40. The van der Waals surface area contributed by atoms with Gasteiger partial charge >= 0.3 is 0 Å². The molecule has 2 rings (SSSR count). The molecule has 5 nitrogen and oxygen atoms in total. The van der Waals surface area contributed by atoms with Crippen LogP contribution in [-0.4, -0.2) is 30.0 Å². The topological polar surface area (TPSA) is 73.2 Å². The number of hydrogen-bond acceptors (Lipinski definition) is 4. The van der Waals surface area contributed by atoms with Crippen molar-refractivity contribution in [2.45, 2.75) is 46.0 Å². The molecule has 0 aliphatic heterocycles. The Kier molecular flexibility index (Phi) is 5.89. The van der Waals surface area contributed by atoms with E-state index in [-0.39, 0.29) is 11.3 Å². The van der Waals surface area contributed by atoms with E-state index in [9.17, 15) is 0 Å². The maximum absolute atomic E-state index is 6.08. The van der Waals surface area contributed by atoms with Crippen molar-refractivity contribution in [1.82, 2.24) is 10.2 Å². The van der Waals surface area contributed by atoms with E-state index in [1.54, 1.807) is 0 Å². The second-order valence-electron chi connectivity index (χ2n) is 6.81. The predicted molar refractivity (Wildman–Crippen MR) is 97.0 cm³/mol. The van der Waals surface area contributed by atoms with E-state index in [1.807, 2.05) is 32.0 Å². The summed E-state index contributed by atoms with van der Waals surface area (Å²) in [6.45, 7) is 12.1. The van der Waals surface area contributed by atoms with Gasteiger partial charge in [0.05, 0.1) is 18.9 Å². The van der Waals surface area contributed by atoms with Crippen LogP contribution in [0.15, 0.2) is 24.3 Å². The summed E-state index contributed by atoms with van der Waals surface area (Å²) in [6.07, 6.45) is 0. The standard InChI is InChI=1S/C19H29N3O2/c1-6-23-13-8-9-14(17(10-13)24-7-2)15(12-20)16-11-18(22-21-16)19(3,4)5/h8-11,15H,6-7,12,20H2,1-5H3,(H,21,22). The fourth-order valence-corrected chi connectivity index (χ4v) is 2.66. The van der Waals surface area contributed by atoms with Gasteiger partial charge in [-0.1, -0.05) is 26.8 Å². The Morgan fingerprint density at radius 2 is 1.83 bits per heavy atom. The quantitative estimate of drug-likeness (QED) is 0.813. The molecule has 1 unspecified atom stereocenters. The van der Waals surface area contributed by atoms with Crippen LogP contribution in [0.3, 0.4) is 0 Å². The van der Waals surface area contributed by atoms with Gasteiger partial charge in [0.1, 0.15) is 11.5 Å². The number of nitrogens with two attached hydrogens (primary N) is 1. The van der Waals surface area contributed by atoms with E-state index in [2.05, 4.69) is 37.0 Å². The maximum Gasteiger partial charge on any atom is 0.126 e. The van der Waals surface area contributed by atoms with E-state index < -0.39 is 0 Å². The Bertz CT molecular complexity index is 659. The highest BCUT2D eigenvalue weighted by atomic mass is 16.5. The van der Waals surface area contributed by atoms with Gasteiger partial charge in [-0.3, -0.25) is 5.10 Å². The van der Waals surface area contributed by atoms with Gasteiger partial charge in [0.2, 0.25) is 0 Å². The number of ether oxygens (including phenoxy) is 2. The summed E-state index contributed by atoms with van der Waals surface area (Å²) in [5, 5.41) is 7.61. The van der Waals surface area contributed by atoms with Crippen molar-refractivity contribution in [3.63, 3.8) is 0 Å². The van der Waals surface area contributed by atoms with Crippen LogP contribution in [0.4, 0.5) is 0 Å². The van der Waals surface area contributed by atoms with Crippen molar-refractivity contribution in [2.24, 2.45) is 5.73 Å². The molecule has 0 saturated carbocycles. The van der Waals surface area contributed by atoms with Crippen LogP contribution < -0.4 is 15.2 Å². The Morgan fingerprint density at radius 3 is 2.38 bits per heavy atom. The third kappa shape index (κ3) is 4.09. The number of H-pyrrole nitrogens is 1. The fraction of sp³-hybridized carbons (Fsp3) is 0.526. The number of nitrogens with one attached hydrogen (secondary N) is 1. The van der Waals surface area contributed by atoms with Crippen LogP contribution in [0.1, 0.15) is 57.5 Å². The number of hydrogen-bond donors (Lipinski definition) is 2. The molecule has 0 amide bonds. The maximum atomic E-state index is 6.08. The lowest BCUT2D eigenvalue weighted by Crippen LogP contribution is -2.16. The van der Waals surface area contributed by atoms with Crippen LogP contribution in [-0.2, 0) is 5.41 Å². The van der Waals surface area contributed by atoms with Crippen LogP contribution in [0.25, 0.3) is 0 Å². The molecule has 132 valence electrons. The summed E-state index contributed by atoms with van der Waals surface area (Å²) in [7, 11) is 0. The van der Waals surface area contributed by atoms with Crippen LogP contribution in [0.5, 0.6) is 11.5 Å². The molecule has 5 heteroatoms. The minimum absolute atomic E-state index is 0.00449. The van der Waals surface area contributed by atoms with Gasteiger partial charge in [-0.05, 0) is 26.0 Å². The van der Waals surface area contributed by atoms with Gasteiger partial charge in [-0.15, -0.1) is 0 Å². The molecule has 24 heavy (non-hydrogen) atoms. The Labute approximate surface area is 144 Å². The molecule has 1 atom stereocenters. The third-order valence-corrected chi connectivity index (χ3v) is 3.95. The number of rotatable bonds is 7. The molecule has 3 N–H and O–H groups in total. The largest absolute Gasteiger partial charge is 0.494 e. The highest BCUT2D eigenvalue weighted by Crippen LogP contribution is 2.34. The number of benzene rings is 1. The van der Waals surface area contributed by atoms with E-state index in [0.29, 0.717) is 19.8 Å². The molecule has 1 heterocycles. The van der Waals surface area contributed by atoms with Crippen LogP contribution >= 0.6 is 0 Å². The first-order valence-corrected chi connectivity index (χ1v) is 8.56. The summed E-state index contributed by atoms with van der Waals surface area (Å²) in [6, 6.07) is 8.03. The first kappa shape index (κ1) is 18.3. The van der Waals surface area contributed by atoms with Gasteiger partial charge in [0.15, 0.2) is 0 Å². The normalized spacial score (nSPS) is 12.9. The Hall–Kier alpha value is -2.01. The van der Waals surface area contributed by atoms with Crippen LogP contribution in [0.2, 0.25) is 0 Å². The summed E-state index contributed by atoms with van der Waals surface area (Å²) in [5.41, 5.74) is 9.16. The SMILES string of the molecule is CCOc1ccc(C(CN)c2cc(C(C)(C)C)n[nH]2)c(OCC)c1. The van der Waals surface area contributed by atoms with Crippen molar-refractivity contribution in [3.05, 3.63) is 41.2 Å². The van der Waals surface area contributed by atoms with Crippen molar-refractivity contribution >= 4 is 0 Å². The third-order valence-electron chi connectivity index (χ3n) is 3.95. The van der Waals surface area contributed by atoms with E-state index in [4.69, 9.17) is 15.2 Å². The molecule has 0 radical (unpaired) electrons. The smallest absolute Gasteiger partial charge is 0.126 e. The first-order valence-electron chi connectivity index (χ1n) is 8.56. The zero-order valence-electron chi connectivity index (χ0n) is 15.3. The minimum atomic E-state index is -0.00449. The van der Waals surface area contributed by atoms with Crippen LogP contribution in [0, 0.1) is 0 Å². The first-order chi connectivity index (χ1) is 11.4.